The molecule has 0 N–H and O–H groups in total. The molecule has 1 rings (SSSR count). The quantitative estimate of drug-likeness (QED) is 0.648. The zero-order valence-electron chi connectivity index (χ0n) is 8.09. The lowest BCUT2D eigenvalue weighted by Gasteiger charge is -2.07. The van der Waals surface area contributed by atoms with E-state index in [1.54, 1.807) is 17.7 Å². The molecule has 0 amide bonds. The highest BCUT2D eigenvalue weighted by molar-refractivity contribution is 5.38. The van der Waals surface area contributed by atoms with Crippen LogP contribution in [0.3, 0.4) is 0 Å². The minimum atomic E-state index is -0.187. The Morgan fingerprint density at radius 3 is 2.62 bits per heavy atom. The van der Waals surface area contributed by atoms with Crippen molar-refractivity contribution in [3.8, 4) is 6.07 Å². The van der Waals surface area contributed by atoms with Gasteiger partial charge in [0.25, 0.3) is 5.56 Å². The standard InChI is InChI=1S/C10H12N2O/c1-4-12-6-7(2)8(3)9(5-11)10(12)13/h6H,4H2,1-3H3. The maximum atomic E-state index is 11.5. The van der Waals surface area contributed by atoms with Gasteiger partial charge in [-0.25, -0.2) is 0 Å². The molecule has 13 heavy (non-hydrogen) atoms. The van der Waals surface area contributed by atoms with Gasteiger partial charge in [-0.3, -0.25) is 4.79 Å². The fraction of sp³-hybridized carbons (Fsp3) is 0.400. The molecule has 0 radical (unpaired) electrons. The lowest BCUT2D eigenvalue weighted by Crippen LogP contribution is -2.23. The fourth-order valence-corrected chi connectivity index (χ4v) is 1.26. The second-order valence-electron chi connectivity index (χ2n) is 3.02. The van der Waals surface area contributed by atoms with Crippen LogP contribution >= 0.6 is 0 Å². The van der Waals surface area contributed by atoms with Crippen molar-refractivity contribution < 1.29 is 0 Å². The summed E-state index contributed by atoms with van der Waals surface area (Å²) in [7, 11) is 0. The van der Waals surface area contributed by atoms with Crippen LogP contribution in [-0.4, -0.2) is 4.57 Å². The summed E-state index contributed by atoms with van der Waals surface area (Å²) < 4.78 is 1.56. The maximum Gasteiger partial charge on any atom is 0.268 e. The second kappa shape index (κ2) is 3.44. The molecular weight excluding hydrogens is 164 g/mol. The first-order chi connectivity index (χ1) is 6.11. The normalized spacial score (nSPS) is 9.69. The summed E-state index contributed by atoms with van der Waals surface area (Å²) >= 11 is 0. The van der Waals surface area contributed by atoms with Gasteiger partial charge in [0.1, 0.15) is 11.6 Å². The smallest absolute Gasteiger partial charge is 0.268 e. The van der Waals surface area contributed by atoms with E-state index in [1.165, 1.54) is 0 Å². The van der Waals surface area contributed by atoms with E-state index < -0.39 is 0 Å². The Morgan fingerprint density at radius 1 is 1.54 bits per heavy atom. The number of aryl methyl sites for hydroxylation is 2. The Kier molecular flexibility index (Phi) is 2.52. The van der Waals surface area contributed by atoms with Crippen LogP contribution in [0.25, 0.3) is 0 Å². The Morgan fingerprint density at radius 2 is 2.15 bits per heavy atom. The lowest BCUT2D eigenvalue weighted by molar-refractivity contribution is 0.717. The van der Waals surface area contributed by atoms with Crippen LogP contribution in [0.5, 0.6) is 0 Å². The van der Waals surface area contributed by atoms with Gasteiger partial charge in [0.05, 0.1) is 0 Å². The van der Waals surface area contributed by atoms with E-state index in [1.807, 2.05) is 19.9 Å². The first-order valence-corrected chi connectivity index (χ1v) is 4.22. The summed E-state index contributed by atoms with van der Waals surface area (Å²) in [5.41, 5.74) is 1.85. The summed E-state index contributed by atoms with van der Waals surface area (Å²) in [5.74, 6) is 0. The predicted octanol–water partition coefficient (Wildman–Crippen LogP) is 1.36. The van der Waals surface area contributed by atoms with Crippen molar-refractivity contribution in [3.05, 3.63) is 33.2 Å². The molecule has 3 heteroatoms. The second-order valence-corrected chi connectivity index (χ2v) is 3.02. The van der Waals surface area contributed by atoms with Crippen LogP contribution in [0.4, 0.5) is 0 Å². The Balaban J connectivity index is 3.61. The third-order valence-corrected chi connectivity index (χ3v) is 2.24. The molecule has 0 saturated heterocycles. The predicted molar refractivity (Wildman–Crippen MR) is 50.6 cm³/mol. The number of rotatable bonds is 1. The molecule has 0 fully saturated rings. The van der Waals surface area contributed by atoms with Crippen molar-refractivity contribution in [1.82, 2.24) is 4.57 Å². The molecule has 1 heterocycles. The van der Waals surface area contributed by atoms with Gasteiger partial charge >= 0.3 is 0 Å². The molecule has 0 bridgehead atoms. The molecular formula is C10H12N2O. The average Bonchev–Trinajstić information content (AvgIpc) is 2.12. The number of hydrogen-bond donors (Lipinski definition) is 0. The van der Waals surface area contributed by atoms with Crippen LogP contribution in [0.2, 0.25) is 0 Å². The van der Waals surface area contributed by atoms with E-state index in [2.05, 4.69) is 0 Å². The van der Waals surface area contributed by atoms with Crippen molar-refractivity contribution in [2.45, 2.75) is 27.3 Å². The molecule has 1 aromatic heterocycles. The first kappa shape index (κ1) is 9.53. The highest BCUT2D eigenvalue weighted by Gasteiger charge is 2.07. The van der Waals surface area contributed by atoms with Gasteiger partial charge in [0.15, 0.2) is 0 Å². The summed E-state index contributed by atoms with van der Waals surface area (Å²) in [6, 6.07) is 1.95. The molecule has 0 unspecified atom stereocenters. The van der Waals surface area contributed by atoms with E-state index in [0.29, 0.717) is 6.54 Å². The van der Waals surface area contributed by atoms with E-state index in [-0.39, 0.29) is 11.1 Å². The Hall–Kier alpha value is -1.56. The number of aromatic nitrogens is 1. The summed E-state index contributed by atoms with van der Waals surface area (Å²) in [6.07, 6.45) is 1.79. The third kappa shape index (κ3) is 1.48. The molecule has 0 aliphatic rings. The third-order valence-electron chi connectivity index (χ3n) is 2.24. The van der Waals surface area contributed by atoms with Crippen molar-refractivity contribution in [2.24, 2.45) is 0 Å². The van der Waals surface area contributed by atoms with Crippen LogP contribution in [0.1, 0.15) is 23.6 Å². The average molecular weight is 176 g/mol. The van der Waals surface area contributed by atoms with E-state index in [0.717, 1.165) is 11.1 Å². The number of hydrogen-bond acceptors (Lipinski definition) is 2. The van der Waals surface area contributed by atoms with Crippen molar-refractivity contribution in [2.75, 3.05) is 0 Å². The number of nitrogens with zero attached hydrogens (tertiary/aromatic N) is 2. The molecule has 1 aromatic rings. The van der Waals surface area contributed by atoms with E-state index >= 15 is 0 Å². The monoisotopic (exact) mass is 176 g/mol. The van der Waals surface area contributed by atoms with Gasteiger partial charge < -0.3 is 4.57 Å². The van der Waals surface area contributed by atoms with E-state index in [4.69, 9.17) is 5.26 Å². The zero-order valence-corrected chi connectivity index (χ0v) is 8.09. The van der Waals surface area contributed by atoms with Crippen molar-refractivity contribution in [1.29, 1.82) is 5.26 Å². The summed E-state index contributed by atoms with van der Waals surface area (Å²) in [5, 5.41) is 8.78. The minimum absolute atomic E-state index is 0.187. The van der Waals surface area contributed by atoms with Crippen molar-refractivity contribution in [3.63, 3.8) is 0 Å². The molecule has 3 nitrogen and oxygen atoms in total. The fourth-order valence-electron chi connectivity index (χ4n) is 1.26. The zero-order chi connectivity index (χ0) is 10.0. The molecule has 68 valence electrons. The molecule has 0 aromatic carbocycles. The lowest BCUT2D eigenvalue weighted by atomic mass is 10.1. The van der Waals surface area contributed by atoms with Crippen LogP contribution < -0.4 is 5.56 Å². The van der Waals surface area contributed by atoms with Crippen LogP contribution in [-0.2, 0) is 6.54 Å². The summed E-state index contributed by atoms with van der Waals surface area (Å²) in [6.45, 7) is 6.20. The maximum absolute atomic E-state index is 11.5. The van der Waals surface area contributed by atoms with Gasteiger partial charge in [-0.1, -0.05) is 0 Å². The largest absolute Gasteiger partial charge is 0.314 e. The Labute approximate surface area is 77.2 Å². The molecule has 0 atom stereocenters. The number of nitriles is 1. The van der Waals surface area contributed by atoms with Gasteiger partial charge in [0.2, 0.25) is 0 Å². The first-order valence-electron chi connectivity index (χ1n) is 4.22. The van der Waals surface area contributed by atoms with Crippen LogP contribution in [0, 0.1) is 25.2 Å². The molecule has 0 spiro atoms. The van der Waals surface area contributed by atoms with Crippen molar-refractivity contribution >= 4 is 0 Å². The van der Waals surface area contributed by atoms with Gasteiger partial charge in [0, 0.05) is 12.7 Å². The highest BCUT2D eigenvalue weighted by Crippen LogP contribution is 2.07. The molecule has 0 aliphatic heterocycles. The van der Waals surface area contributed by atoms with Gasteiger partial charge in [-0.15, -0.1) is 0 Å². The van der Waals surface area contributed by atoms with Gasteiger partial charge in [-0.05, 0) is 31.9 Å². The Bertz CT molecular complexity index is 424. The minimum Gasteiger partial charge on any atom is -0.314 e. The SMILES string of the molecule is CCn1cc(C)c(C)c(C#N)c1=O. The molecule has 0 saturated carbocycles. The highest BCUT2D eigenvalue weighted by atomic mass is 16.1. The van der Waals surface area contributed by atoms with Crippen LogP contribution in [0.15, 0.2) is 11.0 Å². The van der Waals surface area contributed by atoms with E-state index in [9.17, 15) is 4.79 Å². The number of pyridine rings is 1. The topological polar surface area (TPSA) is 45.8 Å². The summed E-state index contributed by atoms with van der Waals surface area (Å²) in [4.78, 5) is 11.5. The molecule has 0 aliphatic carbocycles. The van der Waals surface area contributed by atoms with Gasteiger partial charge in [-0.2, -0.15) is 5.26 Å².